The molecule has 5 rings (SSSR count). The molecule has 4 aliphatic carbocycles. The van der Waals surface area contributed by atoms with Crippen molar-refractivity contribution in [2.24, 2.45) is 28.6 Å². The van der Waals surface area contributed by atoms with E-state index in [-0.39, 0.29) is 53.0 Å². The van der Waals surface area contributed by atoms with Gasteiger partial charge in [-0.2, -0.15) is 0 Å². The first-order chi connectivity index (χ1) is 15.0. The Morgan fingerprint density at radius 3 is 3.00 bits per heavy atom. The minimum absolute atomic E-state index is 0.134. The van der Waals surface area contributed by atoms with E-state index in [0.29, 0.717) is 36.8 Å². The maximum Gasteiger partial charge on any atom is 0.155 e. The van der Waals surface area contributed by atoms with E-state index in [1.165, 1.54) is 0 Å². The van der Waals surface area contributed by atoms with Crippen LogP contribution in [0.4, 0.5) is 0 Å². The van der Waals surface area contributed by atoms with E-state index in [1.807, 2.05) is 0 Å². The first-order valence-corrected chi connectivity index (χ1v) is 9.81. The molecule has 2 saturated carbocycles. The molecule has 0 amide bonds. The highest BCUT2D eigenvalue weighted by atomic mass is 16.1. The van der Waals surface area contributed by atoms with E-state index in [4.69, 9.17) is 8.22 Å². The third-order valence-electron chi connectivity index (χ3n) is 7.91. The number of pyridine rings is 1. The molecule has 2 nitrogen and oxygen atoms in total. The lowest BCUT2D eigenvalue weighted by molar-refractivity contribution is -0.117. The summed E-state index contributed by atoms with van der Waals surface area (Å²) in [6, 6.07) is -0.0650. The summed E-state index contributed by atoms with van der Waals surface area (Å²) in [5.41, 5.74) is 1.33. The number of allylic oxidation sites excluding steroid dienone is 4. The lowest BCUT2D eigenvalue weighted by Crippen LogP contribution is -2.49. The van der Waals surface area contributed by atoms with Crippen LogP contribution in [0.25, 0.3) is 5.57 Å². The second-order valence-corrected chi connectivity index (χ2v) is 8.97. The van der Waals surface area contributed by atoms with Crippen molar-refractivity contribution in [2.45, 2.75) is 58.8 Å². The molecule has 0 aliphatic heterocycles. The van der Waals surface area contributed by atoms with E-state index in [9.17, 15) is 4.79 Å². The molecular weight excluding hydrogens is 318 g/mol. The van der Waals surface area contributed by atoms with Crippen LogP contribution in [0.15, 0.2) is 42.1 Å². The molecule has 2 heteroatoms. The molecule has 0 saturated heterocycles. The van der Waals surface area contributed by atoms with Crippen molar-refractivity contribution in [3.8, 4) is 0 Å². The van der Waals surface area contributed by atoms with Gasteiger partial charge in [-0.15, -0.1) is 0 Å². The van der Waals surface area contributed by atoms with Gasteiger partial charge in [0.1, 0.15) is 0 Å². The number of hydrogen-bond donors (Lipinski definition) is 0. The molecule has 0 bridgehead atoms. The fraction of sp³-hybridized carbons (Fsp3) is 0.583. The maximum absolute atomic E-state index is 12.1. The summed E-state index contributed by atoms with van der Waals surface area (Å²) in [6.45, 7) is 4.35. The first-order valence-electron chi connectivity index (χ1n) is 12.9. The summed E-state index contributed by atoms with van der Waals surface area (Å²) in [5, 5.41) is 0. The molecule has 1 heterocycles. The van der Waals surface area contributed by atoms with Crippen LogP contribution >= 0.6 is 0 Å². The Labute approximate surface area is 165 Å². The van der Waals surface area contributed by atoms with Crippen LogP contribution in [-0.2, 0) is 4.79 Å². The van der Waals surface area contributed by atoms with Crippen molar-refractivity contribution in [2.75, 3.05) is 0 Å². The van der Waals surface area contributed by atoms with Crippen LogP contribution in [0, 0.1) is 28.6 Å². The first kappa shape index (κ1) is 11.2. The normalized spacial score (nSPS) is 48.1. The second-order valence-electron chi connectivity index (χ2n) is 8.97. The molecule has 136 valence electrons. The van der Waals surface area contributed by atoms with Crippen LogP contribution in [0.2, 0.25) is 0 Å². The molecule has 0 radical (unpaired) electrons. The molecule has 4 aliphatic rings. The van der Waals surface area contributed by atoms with E-state index in [1.54, 1.807) is 6.08 Å². The predicted molar refractivity (Wildman–Crippen MR) is 104 cm³/mol. The molecule has 1 aromatic rings. The average Bonchev–Trinajstić information content (AvgIpc) is 2.99. The zero-order chi connectivity index (χ0) is 23.2. The molecule has 0 aromatic carbocycles. The van der Waals surface area contributed by atoms with Crippen LogP contribution in [0.3, 0.4) is 0 Å². The SMILES string of the molecule is [2H]C1=C(c2c([2H])nc([2H])c([2H])c2[2H])[C@@]2(C)CCC3C(CC([2H])C4=CC(=O)CC[C@@]43C)C2C1. The molecule has 0 spiro atoms. The van der Waals surface area contributed by atoms with Gasteiger partial charge in [-0.05, 0) is 90.3 Å². The third kappa shape index (κ3) is 2.17. The number of hydrogen-bond acceptors (Lipinski definition) is 2. The summed E-state index contributed by atoms with van der Waals surface area (Å²) >= 11 is 0. The Balaban J connectivity index is 1.58. The Hall–Kier alpha value is -1.70. The second kappa shape index (κ2) is 5.65. The third-order valence-corrected chi connectivity index (χ3v) is 7.91. The van der Waals surface area contributed by atoms with Crippen molar-refractivity contribution in [3.63, 3.8) is 0 Å². The summed E-state index contributed by atoms with van der Waals surface area (Å²) in [5.74, 6) is 0.873. The van der Waals surface area contributed by atoms with Gasteiger partial charge in [-0.25, -0.2) is 0 Å². The number of aromatic nitrogens is 1. The number of carbonyl (C=O) groups is 1. The largest absolute Gasteiger partial charge is 0.295 e. The number of ketones is 1. The van der Waals surface area contributed by atoms with Crippen molar-refractivity contribution >= 4 is 11.4 Å². The fourth-order valence-electron chi connectivity index (χ4n) is 6.44. The van der Waals surface area contributed by atoms with Gasteiger partial charge in [0.15, 0.2) is 5.78 Å². The molecule has 0 N–H and O–H groups in total. The highest BCUT2D eigenvalue weighted by molar-refractivity contribution is 5.91. The Bertz CT molecular complexity index is 1100. The molecule has 2 fully saturated rings. The summed E-state index contributed by atoms with van der Waals surface area (Å²) in [6.07, 6.45) is 5.04. The highest BCUT2D eigenvalue weighted by Gasteiger charge is 2.57. The molecular formula is C24H29NO. The van der Waals surface area contributed by atoms with E-state index < -0.39 is 11.8 Å². The number of carbonyl (C=O) groups excluding carboxylic acids is 1. The fourth-order valence-corrected chi connectivity index (χ4v) is 6.44. The minimum atomic E-state index is -0.413. The van der Waals surface area contributed by atoms with E-state index >= 15 is 0 Å². The van der Waals surface area contributed by atoms with Crippen LogP contribution in [-0.4, -0.2) is 10.8 Å². The van der Waals surface area contributed by atoms with Crippen molar-refractivity contribution in [1.82, 2.24) is 4.98 Å². The van der Waals surface area contributed by atoms with Gasteiger partial charge in [0.2, 0.25) is 0 Å². The standard InChI is InChI=1S/C24H29NO/c1-23-11-9-18(26)14-17(23)5-6-19-21-8-7-20(16-4-3-13-25-15-16)24(21,2)12-10-22(19)23/h3-4,7,13-15,19,21-22H,5-6,8-12H2,1-2H3/t19?,21?,22?,23-,24+/m0/s1/i3D,4D,5D,7D,13D,15D/t5?,19?,21?,22?,23-,24+. The van der Waals surface area contributed by atoms with Gasteiger partial charge in [0.05, 0.1) is 6.85 Å². The highest BCUT2D eigenvalue weighted by Crippen LogP contribution is 2.66. The smallest absolute Gasteiger partial charge is 0.155 e. The number of fused-ring (bicyclic) bond motifs is 5. The molecule has 4 unspecified atom stereocenters. The lowest BCUT2D eigenvalue weighted by atomic mass is 9.46. The zero-order valence-corrected chi connectivity index (χ0v) is 15.5. The zero-order valence-electron chi connectivity index (χ0n) is 21.5. The Kier molecular flexibility index (Phi) is 2.44. The maximum atomic E-state index is 12.1. The minimum Gasteiger partial charge on any atom is -0.295 e. The Morgan fingerprint density at radius 1 is 1.23 bits per heavy atom. The van der Waals surface area contributed by atoms with Crippen molar-refractivity contribution in [3.05, 3.63) is 47.7 Å². The van der Waals surface area contributed by atoms with Gasteiger partial charge in [0.25, 0.3) is 0 Å². The topological polar surface area (TPSA) is 30.0 Å². The van der Waals surface area contributed by atoms with E-state index in [0.717, 1.165) is 24.8 Å². The molecule has 26 heavy (non-hydrogen) atoms. The van der Waals surface area contributed by atoms with Crippen LogP contribution < -0.4 is 0 Å². The number of rotatable bonds is 1. The quantitative estimate of drug-likeness (QED) is 0.657. The lowest BCUT2D eigenvalue weighted by Gasteiger charge is -2.57. The van der Waals surface area contributed by atoms with Gasteiger partial charge < -0.3 is 0 Å². The number of nitrogens with zero attached hydrogens (tertiary/aromatic N) is 1. The average molecular weight is 354 g/mol. The molecule has 6 atom stereocenters. The van der Waals surface area contributed by atoms with Crippen molar-refractivity contribution in [1.29, 1.82) is 0 Å². The van der Waals surface area contributed by atoms with Gasteiger partial charge >= 0.3 is 0 Å². The summed E-state index contributed by atoms with van der Waals surface area (Å²) in [7, 11) is 0. The van der Waals surface area contributed by atoms with Gasteiger partial charge in [-0.3, -0.25) is 9.78 Å². The van der Waals surface area contributed by atoms with Crippen LogP contribution in [0.1, 0.15) is 72.6 Å². The monoisotopic (exact) mass is 353 g/mol. The van der Waals surface area contributed by atoms with Crippen molar-refractivity contribution < 1.29 is 13.0 Å². The summed E-state index contributed by atoms with van der Waals surface area (Å²) < 4.78 is 50.3. The van der Waals surface area contributed by atoms with Gasteiger partial charge in [0, 0.05) is 20.1 Å². The predicted octanol–water partition coefficient (Wildman–Crippen LogP) is 5.61. The van der Waals surface area contributed by atoms with Crippen LogP contribution in [0.5, 0.6) is 0 Å². The Morgan fingerprint density at radius 2 is 2.12 bits per heavy atom. The summed E-state index contributed by atoms with van der Waals surface area (Å²) in [4.78, 5) is 16.0. The molecule has 1 aromatic heterocycles. The van der Waals surface area contributed by atoms with Gasteiger partial charge in [-0.1, -0.05) is 31.5 Å². The van der Waals surface area contributed by atoms with E-state index in [2.05, 4.69) is 18.8 Å².